The Labute approximate surface area is 215 Å². The summed E-state index contributed by atoms with van der Waals surface area (Å²) in [5, 5.41) is 0. The van der Waals surface area contributed by atoms with Gasteiger partial charge in [0.1, 0.15) is 12.5 Å². The van der Waals surface area contributed by atoms with Gasteiger partial charge in [0, 0.05) is 29.8 Å². The van der Waals surface area contributed by atoms with Crippen molar-refractivity contribution in [2.75, 3.05) is 0 Å². The number of hydrogen-bond acceptors (Lipinski definition) is 5. The summed E-state index contributed by atoms with van der Waals surface area (Å²) in [7, 11) is 0. The Morgan fingerprint density at radius 1 is 0.676 bits per heavy atom. The molecule has 0 amide bonds. The standard InChI is InChI=1S/C31H26N4O2/c1-2-4-23(5-3-1)20-35-21-28(34-22-35)14-15-29(24-6-10-26(11-7-24)30-32-16-18-36-30)25-8-12-27(13-9-25)31-33-17-19-37-31/h1-13,16-19,21-22,29H,14-15,20H2. The lowest BCUT2D eigenvalue weighted by Gasteiger charge is -2.18. The van der Waals surface area contributed by atoms with Crippen molar-refractivity contribution in [1.29, 1.82) is 0 Å². The maximum absolute atomic E-state index is 5.47. The van der Waals surface area contributed by atoms with E-state index in [4.69, 9.17) is 8.83 Å². The van der Waals surface area contributed by atoms with E-state index in [0.29, 0.717) is 11.8 Å². The lowest BCUT2D eigenvalue weighted by Crippen LogP contribution is -2.04. The number of aryl methyl sites for hydroxylation is 1. The minimum absolute atomic E-state index is 0.205. The van der Waals surface area contributed by atoms with Crippen LogP contribution in [0.5, 0.6) is 0 Å². The third-order valence-electron chi connectivity index (χ3n) is 6.57. The molecule has 0 spiro atoms. The first-order chi connectivity index (χ1) is 18.3. The van der Waals surface area contributed by atoms with Crippen molar-refractivity contribution in [3.63, 3.8) is 0 Å². The molecule has 3 aromatic carbocycles. The second-order valence-corrected chi connectivity index (χ2v) is 9.03. The van der Waals surface area contributed by atoms with E-state index in [9.17, 15) is 0 Å². The van der Waals surface area contributed by atoms with Crippen LogP contribution < -0.4 is 0 Å². The van der Waals surface area contributed by atoms with E-state index in [1.807, 2.05) is 12.4 Å². The summed E-state index contributed by atoms with van der Waals surface area (Å²) in [5.41, 5.74) is 6.76. The van der Waals surface area contributed by atoms with Gasteiger partial charge in [-0.15, -0.1) is 0 Å². The Bertz CT molecular complexity index is 1440. The number of aromatic nitrogens is 4. The number of oxazole rings is 2. The van der Waals surface area contributed by atoms with Crippen LogP contribution >= 0.6 is 0 Å². The minimum atomic E-state index is 0.205. The third-order valence-corrected chi connectivity index (χ3v) is 6.57. The van der Waals surface area contributed by atoms with E-state index in [1.54, 1.807) is 24.9 Å². The highest BCUT2D eigenvalue weighted by molar-refractivity contribution is 5.56. The van der Waals surface area contributed by atoms with Crippen LogP contribution in [-0.4, -0.2) is 19.5 Å². The lowest BCUT2D eigenvalue weighted by atomic mass is 9.86. The van der Waals surface area contributed by atoms with E-state index in [2.05, 4.69) is 98.5 Å². The summed E-state index contributed by atoms with van der Waals surface area (Å²) in [4.78, 5) is 13.2. The predicted octanol–water partition coefficient (Wildman–Crippen LogP) is 7.01. The molecule has 0 saturated heterocycles. The van der Waals surface area contributed by atoms with Crippen molar-refractivity contribution < 1.29 is 8.83 Å². The van der Waals surface area contributed by atoms with Gasteiger partial charge in [-0.2, -0.15) is 0 Å². The second-order valence-electron chi connectivity index (χ2n) is 9.03. The molecule has 0 atom stereocenters. The first kappa shape index (κ1) is 22.7. The minimum Gasteiger partial charge on any atom is -0.445 e. The van der Waals surface area contributed by atoms with E-state index in [1.165, 1.54) is 16.7 Å². The summed E-state index contributed by atoms with van der Waals surface area (Å²) in [6.45, 7) is 0.821. The van der Waals surface area contributed by atoms with E-state index in [-0.39, 0.29) is 5.92 Å². The molecule has 6 nitrogen and oxygen atoms in total. The average Bonchev–Trinajstić information content (AvgIpc) is 3.74. The summed E-state index contributed by atoms with van der Waals surface area (Å²) < 4.78 is 13.1. The molecule has 0 saturated carbocycles. The molecule has 0 fully saturated rings. The van der Waals surface area contributed by atoms with Crippen LogP contribution in [0.15, 0.2) is 125 Å². The van der Waals surface area contributed by atoms with Crippen LogP contribution in [-0.2, 0) is 13.0 Å². The van der Waals surface area contributed by atoms with Crippen LogP contribution in [0, 0.1) is 0 Å². The van der Waals surface area contributed by atoms with Crippen LogP contribution in [0.3, 0.4) is 0 Å². The quantitative estimate of drug-likeness (QED) is 0.220. The second kappa shape index (κ2) is 10.5. The predicted molar refractivity (Wildman–Crippen MR) is 142 cm³/mol. The zero-order chi connectivity index (χ0) is 24.9. The molecule has 3 heterocycles. The fourth-order valence-electron chi connectivity index (χ4n) is 4.68. The first-order valence-electron chi connectivity index (χ1n) is 12.4. The Hall–Kier alpha value is -4.71. The molecule has 6 rings (SSSR count). The maximum atomic E-state index is 5.47. The van der Waals surface area contributed by atoms with Gasteiger partial charge < -0.3 is 13.4 Å². The van der Waals surface area contributed by atoms with Gasteiger partial charge in [0.25, 0.3) is 0 Å². The largest absolute Gasteiger partial charge is 0.445 e. The molecule has 6 aromatic rings. The molecule has 0 aliphatic rings. The molecule has 0 radical (unpaired) electrons. The third kappa shape index (κ3) is 5.28. The Morgan fingerprint density at radius 2 is 1.27 bits per heavy atom. The van der Waals surface area contributed by atoms with Crippen LogP contribution in [0.4, 0.5) is 0 Å². The molecule has 0 bridgehead atoms. The molecule has 6 heteroatoms. The Balaban J connectivity index is 1.23. The molecule has 3 aromatic heterocycles. The monoisotopic (exact) mass is 486 g/mol. The number of nitrogens with zero attached hydrogens (tertiary/aromatic N) is 4. The molecular weight excluding hydrogens is 460 g/mol. The van der Waals surface area contributed by atoms with Gasteiger partial charge in [-0.3, -0.25) is 0 Å². The normalized spacial score (nSPS) is 11.3. The van der Waals surface area contributed by atoms with Crippen LogP contribution in [0.25, 0.3) is 22.9 Å². The fraction of sp³-hybridized carbons (Fsp3) is 0.129. The average molecular weight is 487 g/mol. The lowest BCUT2D eigenvalue weighted by molar-refractivity contribution is 0.574. The highest BCUT2D eigenvalue weighted by Gasteiger charge is 2.17. The van der Waals surface area contributed by atoms with E-state index in [0.717, 1.165) is 36.2 Å². The molecule has 0 aliphatic carbocycles. The van der Waals surface area contributed by atoms with Crippen molar-refractivity contribution in [3.8, 4) is 22.9 Å². The Kier molecular flexibility index (Phi) is 6.45. The smallest absolute Gasteiger partial charge is 0.225 e. The van der Waals surface area contributed by atoms with Crippen molar-refractivity contribution in [2.45, 2.75) is 25.3 Å². The molecular formula is C31H26N4O2. The van der Waals surface area contributed by atoms with Gasteiger partial charge in [0.2, 0.25) is 11.8 Å². The SMILES string of the molecule is c1ccc(Cn2cnc(CCC(c3ccc(-c4ncco4)cc3)c3ccc(-c4ncco4)cc3)c2)cc1. The Morgan fingerprint density at radius 3 is 1.81 bits per heavy atom. The van der Waals surface area contributed by atoms with Crippen molar-refractivity contribution >= 4 is 0 Å². The number of benzene rings is 3. The van der Waals surface area contributed by atoms with Gasteiger partial charge in [-0.25, -0.2) is 15.0 Å². The summed E-state index contributed by atoms with van der Waals surface area (Å²) in [6, 6.07) is 27.4. The van der Waals surface area contributed by atoms with Crippen molar-refractivity contribution in [2.24, 2.45) is 0 Å². The van der Waals surface area contributed by atoms with Gasteiger partial charge in [0.15, 0.2) is 0 Å². The summed E-state index contributed by atoms with van der Waals surface area (Å²) >= 11 is 0. The highest BCUT2D eigenvalue weighted by atomic mass is 16.3. The van der Waals surface area contributed by atoms with Gasteiger partial charge in [-0.05, 0) is 53.8 Å². The molecule has 0 unspecified atom stereocenters. The van der Waals surface area contributed by atoms with E-state index < -0.39 is 0 Å². The van der Waals surface area contributed by atoms with Gasteiger partial charge in [0.05, 0.1) is 24.4 Å². The topological polar surface area (TPSA) is 69.9 Å². The molecule has 37 heavy (non-hydrogen) atoms. The zero-order valence-electron chi connectivity index (χ0n) is 20.3. The molecule has 0 aliphatic heterocycles. The highest BCUT2D eigenvalue weighted by Crippen LogP contribution is 2.32. The summed E-state index contributed by atoms with van der Waals surface area (Å²) in [5.74, 6) is 1.46. The zero-order valence-corrected chi connectivity index (χ0v) is 20.3. The van der Waals surface area contributed by atoms with Gasteiger partial charge >= 0.3 is 0 Å². The maximum Gasteiger partial charge on any atom is 0.225 e. The number of imidazole rings is 1. The molecule has 0 N–H and O–H groups in total. The van der Waals surface area contributed by atoms with E-state index >= 15 is 0 Å². The van der Waals surface area contributed by atoms with Gasteiger partial charge in [-0.1, -0.05) is 54.6 Å². The summed E-state index contributed by atoms with van der Waals surface area (Å²) in [6.07, 6.45) is 12.4. The van der Waals surface area contributed by atoms with Crippen LogP contribution in [0.2, 0.25) is 0 Å². The number of rotatable bonds is 9. The van der Waals surface area contributed by atoms with Crippen molar-refractivity contribution in [1.82, 2.24) is 19.5 Å². The van der Waals surface area contributed by atoms with Crippen LogP contribution in [0.1, 0.15) is 34.7 Å². The number of hydrogen-bond donors (Lipinski definition) is 0. The first-order valence-corrected chi connectivity index (χ1v) is 12.4. The fourth-order valence-corrected chi connectivity index (χ4v) is 4.68. The van der Waals surface area contributed by atoms with Crippen molar-refractivity contribution in [3.05, 3.63) is 139 Å². The molecule has 182 valence electrons.